The number of carbonyl (C=O) groups is 1. The molecular formula is C11H20O8. The molecule has 0 aromatic heterocycles. The Bertz CT molecular complexity index is 294. The highest BCUT2D eigenvalue weighted by molar-refractivity contribution is 5.69. The van der Waals surface area contributed by atoms with Crippen molar-refractivity contribution in [1.82, 2.24) is 0 Å². The topological polar surface area (TPSA) is 126 Å². The first-order chi connectivity index (χ1) is 8.90. The average molecular weight is 280 g/mol. The molecule has 0 aromatic carbocycles. The zero-order chi connectivity index (χ0) is 14.6. The monoisotopic (exact) mass is 280 g/mol. The van der Waals surface area contributed by atoms with Gasteiger partial charge in [0.2, 0.25) is 0 Å². The fourth-order valence-electron chi connectivity index (χ4n) is 1.77. The predicted molar refractivity (Wildman–Crippen MR) is 60.9 cm³/mol. The van der Waals surface area contributed by atoms with E-state index in [9.17, 15) is 20.1 Å². The lowest BCUT2D eigenvalue weighted by molar-refractivity contribution is -0.310. The highest BCUT2D eigenvalue weighted by atomic mass is 16.7. The van der Waals surface area contributed by atoms with Gasteiger partial charge in [-0.05, 0) is 6.92 Å². The van der Waals surface area contributed by atoms with Crippen LogP contribution in [-0.2, 0) is 19.0 Å². The number of esters is 1. The summed E-state index contributed by atoms with van der Waals surface area (Å²) in [6.07, 6.45) is -7.35. The van der Waals surface area contributed by atoms with E-state index in [1.807, 2.05) is 0 Å². The van der Waals surface area contributed by atoms with Crippen molar-refractivity contribution in [3.8, 4) is 0 Å². The van der Waals surface area contributed by atoms with Crippen molar-refractivity contribution < 1.29 is 39.4 Å². The molecule has 1 fully saturated rings. The van der Waals surface area contributed by atoms with Crippen molar-refractivity contribution in [2.24, 2.45) is 0 Å². The molecular weight excluding hydrogens is 260 g/mol. The predicted octanol–water partition coefficient (Wildman–Crippen LogP) is -2.25. The molecule has 0 aromatic rings. The van der Waals surface area contributed by atoms with Gasteiger partial charge in [0.25, 0.3) is 0 Å². The van der Waals surface area contributed by atoms with Crippen LogP contribution in [0.1, 0.15) is 13.3 Å². The zero-order valence-corrected chi connectivity index (χ0v) is 10.8. The summed E-state index contributed by atoms with van der Waals surface area (Å²) >= 11 is 0. The van der Waals surface area contributed by atoms with Crippen LogP contribution in [0.4, 0.5) is 0 Å². The maximum absolute atomic E-state index is 11.0. The molecule has 6 atom stereocenters. The molecule has 1 rings (SSSR count). The lowest BCUT2D eigenvalue weighted by atomic mass is 9.99. The first-order valence-corrected chi connectivity index (χ1v) is 5.93. The molecule has 8 nitrogen and oxygen atoms in total. The van der Waals surface area contributed by atoms with Gasteiger partial charge in [0.05, 0.1) is 26.2 Å². The third-order valence-electron chi connectivity index (χ3n) is 2.90. The summed E-state index contributed by atoms with van der Waals surface area (Å²) in [5.74, 6) is -0.489. The molecule has 0 aliphatic carbocycles. The van der Waals surface area contributed by atoms with Crippen LogP contribution in [0.3, 0.4) is 0 Å². The first-order valence-electron chi connectivity index (χ1n) is 5.93. The van der Waals surface area contributed by atoms with Crippen LogP contribution in [0.2, 0.25) is 0 Å². The molecule has 8 heteroatoms. The van der Waals surface area contributed by atoms with E-state index in [0.29, 0.717) is 0 Å². The molecule has 4 N–H and O–H groups in total. The molecule has 0 bridgehead atoms. The normalized spacial score (nSPS) is 36.8. The van der Waals surface area contributed by atoms with Crippen molar-refractivity contribution in [3.05, 3.63) is 0 Å². The van der Waals surface area contributed by atoms with Gasteiger partial charge < -0.3 is 34.6 Å². The number of aliphatic hydroxyl groups excluding tert-OH is 4. The van der Waals surface area contributed by atoms with E-state index in [1.54, 1.807) is 6.92 Å². The van der Waals surface area contributed by atoms with E-state index < -0.39 is 49.4 Å². The quantitative estimate of drug-likeness (QED) is 0.416. The Hall–Kier alpha value is -0.770. The fourth-order valence-corrected chi connectivity index (χ4v) is 1.77. The van der Waals surface area contributed by atoms with Gasteiger partial charge in [0.1, 0.15) is 24.4 Å². The number of aliphatic hydroxyl groups is 4. The minimum absolute atomic E-state index is 0.0501. The Balaban J connectivity index is 2.58. The Kier molecular flexibility index (Phi) is 6.11. The molecule has 1 saturated heterocycles. The SMILES string of the molecule is COC(=O)CC(C)O[C@@H]1O[C@H](CO)[C@@H](O)[C@H](O)[C@H]1O. The Labute approximate surface area is 110 Å². The van der Waals surface area contributed by atoms with Gasteiger partial charge in [0, 0.05) is 0 Å². The third kappa shape index (κ3) is 4.10. The minimum Gasteiger partial charge on any atom is -0.469 e. The summed E-state index contributed by atoms with van der Waals surface area (Å²) in [6.45, 7) is 1.04. The number of methoxy groups -OCH3 is 1. The smallest absolute Gasteiger partial charge is 0.308 e. The number of ether oxygens (including phenoxy) is 3. The second kappa shape index (κ2) is 7.13. The summed E-state index contributed by atoms with van der Waals surface area (Å²) in [7, 11) is 1.24. The maximum atomic E-state index is 11.0. The standard InChI is InChI=1S/C11H20O8/c1-5(3-7(13)17-2)18-11-10(16)9(15)8(14)6(4-12)19-11/h5-6,8-12,14-16H,3-4H2,1-2H3/t5?,6-,8-,9+,10-,11-/m1/s1. The van der Waals surface area contributed by atoms with Crippen LogP contribution in [0, 0.1) is 0 Å². The molecule has 0 amide bonds. The highest BCUT2D eigenvalue weighted by Gasteiger charge is 2.44. The summed E-state index contributed by atoms with van der Waals surface area (Å²) in [5, 5.41) is 37.8. The van der Waals surface area contributed by atoms with Gasteiger partial charge in [-0.3, -0.25) is 4.79 Å². The second-order valence-electron chi connectivity index (χ2n) is 4.42. The van der Waals surface area contributed by atoms with E-state index >= 15 is 0 Å². The van der Waals surface area contributed by atoms with Gasteiger partial charge in [-0.2, -0.15) is 0 Å². The second-order valence-corrected chi connectivity index (χ2v) is 4.42. The van der Waals surface area contributed by atoms with E-state index in [0.717, 1.165) is 0 Å². The molecule has 1 heterocycles. The summed E-state index contributed by atoms with van der Waals surface area (Å²) in [5.41, 5.74) is 0. The number of hydrogen-bond acceptors (Lipinski definition) is 8. The molecule has 0 saturated carbocycles. The Morgan fingerprint density at radius 2 is 1.89 bits per heavy atom. The van der Waals surface area contributed by atoms with Crippen molar-refractivity contribution in [2.45, 2.75) is 50.2 Å². The lowest BCUT2D eigenvalue weighted by Crippen LogP contribution is -2.59. The van der Waals surface area contributed by atoms with Crippen LogP contribution in [0.25, 0.3) is 0 Å². The number of carbonyl (C=O) groups excluding carboxylic acids is 1. The van der Waals surface area contributed by atoms with Gasteiger partial charge in [-0.15, -0.1) is 0 Å². The van der Waals surface area contributed by atoms with Crippen molar-refractivity contribution in [2.75, 3.05) is 13.7 Å². The Morgan fingerprint density at radius 3 is 2.42 bits per heavy atom. The van der Waals surface area contributed by atoms with Gasteiger partial charge in [-0.25, -0.2) is 0 Å². The van der Waals surface area contributed by atoms with Gasteiger partial charge in [-0.1, -0.05) is 0 Å². The highest BCUT2D eigenvalue weighted by Crippen LogP contribution is 2.23. The fraction of sp³-hybridized carbons (Fsp3) is 0.909. The van der Waals surface area contributed by atoms with E-state index in [1.165, 1.54) is 7.11 Å². The van der Waals surface area contributed by atoms with Crippen LogP contribution in [0.15, 0.2) is 0 Å². The largest absolute Gasteiger partial charge is 0.469 e. The summed E-state index contributed by atoms with van der Waals surface area (Å²) < 4.78 is 14.9. The van der Waals surface area contributed by atoms with Gasteiger partial charge >= 0.3 is 5.97 Å². The van der Waals surface area contributed by atoms with Crippen LogP contribution < -0.4 is 0 Å². The van der Waals surface area contributed by atoms with Crippen LogP contribution >= 0.6 is 0 Å². The zero-order valence-electron chi connectivity index (χ0n) is 10.8. The maximum Gasteiger partial charge on any atom is 0.308 e. The van der Waals surface area contributed by atoms with Crippen LogP contribution in [-0.4, -0.2) is 76.9 Å². The molecule has 0 spiro atoms. The molecule has 19 heavy (non-hydrogen) atoms. The van der Waals surface area contributed by atoms with Crippen molar-refractivity contribution in [3.63, 3.8) is 0 Å². The van der Waals surface area contributed by atoms with E-state index in [2.05, 4.69) is 4.74 Å². The number of hydrogen-bond donors (Lipinski definition) is 4. The van der Waals surface area contributed by atoms with Crippen molar-refractivity contribution in [1.29, 1.82) is 0 Å². The molecule has 1 aliphatic rings. The summed E-state index contributed by atoms with van der Waals surface area (Å²) in [6, 6.07) is 0. The first kappa shape index (κ1) is 16.3. The average Bonchev–Trinajstić information content (AvgIpc) is 2.39. The lowest BCUT2D eigenvalue weighted by Gasteiger charge is -2.40. The molecule has 1 unspecified atom stereocenters. The minimum atomic E-state index is -1.50. The van der Waals surface area contributed by atoms with Crippen LogP contribution in [0.5, 0.6) is 0 Å². The van der Waals surface area contributed by atoms with E-state index in [-0.39, 0.29) is 6.42 Å². The molecule has 112 valence electrons. The molecule has 0 radical (unpaired) electrons. The van der Waals surface area contributed by atoms with Crippen molar-refractivity contribution >= 4 is 5.97 Å². The van der Waals surface area contributed by atoms with E-state index in [4.69, 9.17) is 14.6 Å². The Morgan fingerprint density at radius 1 is 1.26 bits per heavy atom. The summed E-state index contributed by atoms with van der Waals surface area (Å²) in [4.78, 5) is 11.0. The number of rotatable bonds is 5. The molecule has 1 aliphatic heterocycles. The third-order valence-corrected chi connectivity index (χ3v) is 2.90. The van der Waals surface area contributed by atoms with Gasteiger partial charge in [0.15, 0.2) is 6.29 Å².